The highest BCUT2D eigenvalue weighted by Crippen LogP contribution is 2.33. The summed E-state index contributed by atoms with van der Waals surface area (Å²) in [6, 6.07) is 13.3. The molecule has 0 fully saturated rings. The number of ether oxygens (including phenoxy) is 2. The Morgan fingerprint density at radius 1 is 1.16 bits per heavy atom. The van der Waals surface area contributed by atoms with Crippen molar-refractivity contribution >= 4 is 17.6 Å². The molecule has 4 aromatic rings. The van der Waals surface area contributed by atoms with E-state index in [1.807, 2.05) is 47.0 Å². The lowest BCUT2D eigenvalue weighted by Crippen LogP contribution is -2.11. The van der Waals surface area contributed by atoms with Gasteiger partial charge in [-0.2, -0.15) is 0 Å². The van der Waals surface area contributed by atoms with E-state index in [9.17, 15) is 4.79 Å². The topological polar surface area (TPSA) is 84.1 Å². The number of fused-ring (bicyclic) bond motifs is 5. The molecular formula is C23H20ClN5O3. The smallest absolute Gasteiger partial charge is 0.358 e. The number of rotatable bonds is 5. The van der Waals surface area contributed by atoms with E-state index in [1.54, 1.807) is 25.0 Å². The molecule has 3 heterocycles. The van der Waals surface area contributed by atoms with Crippen molar-refractivity contribution < 1.29 is 14.3 Å². The molecule has 0 N–H and O–H groups in total. The van der Waals surface area contributed by atoms with Gasteiger partial charge in [-0.3, -0.25) is 4.57 Å². The first-order valence-electron chi connectivity index (χ1n) is 10.2. The molecule has 0 atom stereocenters. The first-order chi connectivity index (χ1) is 15.6. The normalized spacial score (nSPS) is 11.8. The van der Waals surface area contributed by atoms with Crippen LogP contribution in [0.15, 0.2) is 48.8 Å². The van der Waals surface area contributed by atoms with Crippen molar-refractivity contribution in [1.82, 2.24) is 24.5 Å². The molecule has 1 aliphatic rings. The summed E-state index contributed by atoms with van der Waals surface area (Å²) in [7, 11) is 1.62. The van der Waals surface area contributed by atoms with Crippen LogP contribution in [-0.4, -0.2) is 44.2 Å². The second-order valence-electron chi connectivity index (χ2n) is 7.32. The maximum atomic E-state index is 12.6. The van der Waals surface area contributed by atoms with Crippen LogP contribution in [0.1, 0.15) is 40.1 Å². The standard InChI is InChI=1S/C23H20ClN5O3/c1-3-32-23(30)22-21-12-19-17(10-14-6-4-5-7-16(14)24)26-27-29(19)20-11-15(31-2)8-9-18(20)28(21)13-25-22/h4-9,11,13H,3,10,12H2,1-2H3. The van der Waals surface area contributed by atoms with E-state index >= 15 is 0 Å². The zero-order chi connectivity index (χ0) is 22.2. The second-order valence-corrected chi connectivity index (χ2v) is 7.73. The van der Waals surface area contributed by atoms with Gasteiger partial charge in [0.2, 0.25) is 0 Å². The molecular weight excluding hydrogens is 430 g/mol. The summed E-state index contributed by atoms with van der Waals surface area (Å²) in [5, 5.41) is 9.59. The van der Waals surface area contributed by atoms with Gasteiger partial charge in [-0.1, -0.05) is 35.0 Å². The Hall–Kier alpha value is -3.65. The van der Waals surface area contributed by atoms with Crippen LogP contribution in [0.4, 0.5) is 0 Å². The molecule has 8 nitrogen and oxygen atoms in total. The van der Waals surface area contributed by atoms with Gasteiger partial charge in [0.1, 0.15) is 12.1 Å². The number of esters is 1. The van der Waals surface area contributed by atoms with Gasteiger partial charge < -0.3 is 9.47 Å². The Kier molecular flexibility index (Phi) is 5.14. The van der Waals surface area contributed by atoms with Crippen molar-refractivity contribution in [3.8, 4) is 17.1 Å². The van der Waals surface area contributed by atoms with Crippen molar-refractivity contribution in [2.24, 2.45) is 0 Å². The third kappa shape index (κ3) is 3.33. The van der Waals surface area contributed by atoms with E-state index in [0.29, 0.717) is 23.6 Å². The van der Waals surface area contributed by atoms with Crippen LogP contribution in [0.3, 0.4) is 0 Å². The highest BCUT2D eigenvalue weighted by molar-refractivity contribution is 6.31. The lowest BCUT2D eigenvalue weighted by molar-refractivity contribution is 0.0519. The average Bonchev–Trinajstić information content (AvgIpc) is 3.37. The van der Waals surface area contributed by atoms with Gasteiger partial charge in [0.25, 0.3) is 0 Å². The van der Waals surface area contributed by atoms with Gasteiger partial charge in [-0.05, 0) is 30.7 Å². The highest BCUT2D eigenvalue weighted by Gasteiger charge is 2.29. The number of carbonyl (C=O) groups excluding carboxylic acids is 1. The molecule has 0 bridgehead atoms. The molecule has 0 aliphatic carbocycles. The third-order valence-electron chi connectivity index (χ3n) is 5.50. The Morgan fingerprint density at radius 2 is 2.00 bits per heavy atom. The van der Waals surface area contributed by atoms with E-state index in [0.717, 1.165) is 34.0 Å². The lowest BCUT2D eigenvalue weighted by atomic mass is 10.1. The first-order valence-corrected chi connectivity index (χ1v) is 10.6. The maximum absolute atomic E-state index is 12.6. The lowest BCUT2D eigenvalue weighted by Gasteiger charge is -2.11. The number of aromatic nitrogens is 5. The number of imidazole rings is 1. The molecule has 0 amide bonds. The molecule has 162 valence electrons. The zero-order valence-electron chi connectivity index (χ0n) is 17.6. The van der Waals surface area contributed by atoms with Crippen LogP contribution >= 0.6 is 11.6 Å². The predicted molar refractivity (Wildman–Crippen MR) is 118 cm³/mol. The summed E-state index contributed by atoms with van der Waals surface area (Å²) in [4.78, 5) is 17.0. The van der Waals surface area contributed by atoms with E-state index in [4.69, 9.17) is 21.1 Å². The van der Waals surface area contributed by atoms with Crippen LogP contribution in [0, 0.1) is 0 Å². The average molecular weight is 450 g/mol. The molecule has 0 spiro atoms. The summed E-state index contributed by atoms with van der Waals surface area (Å²) in [5.41, 5.74) is 5.18. The highest BCUT2D eigenvalue weighted by atomic mass is 35.5. The molecule has 5 rings (SSSR count). The van der Waals surface area contributed by atoms with Gasteiger partial charge in [-0.15, -0.1) is 5.10 Å². The minimum absolute atomic E-state index is 0.274. The molecule has 32 heavy (non-hydrogen) atoms. The van der Waals surface area contributed by atoms with E-state index in [-0.39, 0.29) is 12.3 Å². The first kappa shape index (κ1) is 20.3. The van der Waals surface area contributed by atoms with Crippen molar-refractivity contribution in [2.75, 3.05) is 13.7 Å². The van der Waals surface area contributed by atoms with Gasteiger partial charge in [0, 0.05) is 23.9 Å². The maximum Gasteiger partial charge on any atom is 0.358 e. The predicted octanol–water partition coefficient (Wildman–Crippen LogP) is 3.79. The molecule has 0 unspecified atom stereocenters. The van der Waals surface area contributed by atoms with E-state index in [1.165, 1.54) is 0 Å². The Bertz CT molecular complexity index is 1330. The quantitative estimate of drug-likeness (QED) is 0.379. The van der Waals surface area contributed by atoms with Crippen molar-refractivity contribution in [3.63, 3.8) is 0 Å². The number of halogens is 1. The minimum atomic E-state index is -0.454. The van der Waals surface area contributed by atoms with Gasteiger partial charge >= 0.3 is 5.97 Å². The fourth-order valence-corrected chi connectivity index (χ4v) is 4.15. The molecule has 0 saturated heterocycles. The van der Waals surface area contributed by atoms with Crippen molar-refractivity contribution in [1.29, 1.82) is 0 Å². The van der Waals surface area contributed by atoms with E-state index < -0.39 is 5.97 Å². The number of carbonyl (C=O) groups is 1. The van der Waals surface area contributed by atoms with Crippen LogP contribution in [-0.2, 0) is 17.6 Å². The van der Waals surface area contributed by atoms with Gasteiger partial charge in [0.15, 0.2) is 5.69 Å². The summed E-state index contributed by atoms with van der Waals surface area (Å²) in [6.07, 6.45) is 2.55. The summed E-state index contributed by atoms with van der Waals surface area (Å²) >= 11 is 6.40. The van der Waals surface area contributed by atoms with Crippen molar-refractivity contribution in [2.45, 2.75) is 19.8 Å². The fourth-order valence-electron chi connectivity index (χ4n) is 3.95. The molecule has 0 saturated carbocycles. The molecule has 0 radical (unpaired) electrons. The summed E-state index contributed by atoms with van der Waals surface area (Å²) < 4.78 is 14.4. The number of nitrogens with zero attached hydrogens (tertiary/aromatic N) is 5. The number of hydrogen-bond acceptors (Lipinski definition) is 6. The van der Waals surface area contributed by atoms with Crippen LogP contribution in [0.25, 0.3) is 11.4 Å². The molecule has 2 aromatic carbocycles. The SMILES string of the molecule is CCOC(=O)c1ncn2c1Cc1c(Cc3ccccc3Cl)nnn1-c1cc(OC)ccc1-2. The molecule has 1 aliphatic heterocycles. The number of hydrogen-bond donors (Lipinski definition) is 0. The summed E-state index contributed by atoms with van der Waals surface area (Å²) in [5.74, 6) is 0.233. The van der Waals surface area contributed by atoms with Crippen LogP contribution in [0.2, 0.25) is 5.02 Å². The van der Waals surface area contributed by atoms with Crippen molar-refractivity contribution in [3.05, 3.63) is 82.2 Å². The Morgan fingerprint density at radius 3 is 2.78 bits per heavy atom. The number of methoxy groups -OCH3 is 1. The second kappa shape index (κ2) is 8.12. The van der Waals surface area contributed by atoms with E-state index in [2.05, 4.69) is 15.3 Å². The Labute approximate surface area is 189 Å². The van der Waals surface area contributed by atoms with Crippen LogP contribution < -0.4 is 4.74 Å². The fraction of sp³-hybridized carbons (Fsp3) is 0.217. The zero-order valence-corrected chi connectivity index (χ0v) is 18.3. The Balaban J connectivity index is 1.70. The molecule has 9 heteroatoms. The largest absolute Gasteiger partial charge is 0.497 e. The summed E-state index contributed by atoms with van der Waals surface area (Å²) in [6.45, 7) is 2.05. The number of benzene rings is 2. The molecule has 2 aromatic heterocycles. The van der Waals surface area contributed by atoms with Crippen LogP contribution in [0.5, 0.6) is 5.75 Å². The van der Waals surface area contributed by atoms with Gasteiger partial charge in [0.05, 0.1) is 42.2 Å². The third-order valence-corrected chi connectivity index (χ3v) is 5.87. The monoisotopic (exact) mass is 449 g/mol. The minimum Gasteiger partial charge on any atom is -0.497 e. The van der Waals surface area contributed by atoms with Gasteiger partial charge in [-0.25, -0.2) is 14.5 Å².